The lowest BCUT2D eigenvalue weighted by Gasteiger charge is -2.20. The van der Waals surface area contributed by atoms with Crippen molar-refractivity contribution in [3.05, 3.63) is 40.1 Å². The van der Waals surface area contributed by atoms with Gasteiger partial charge in [0.1, 0.15) is 5.75 Å². The summed E-state index contributed by atoms with van der Waals surface area (Å²) in [6.07, 6.45) is 4.01. The zero-order valence-corrected chi connectivity index (χ0v) is 12.3. The van der Waals surface area contributed by atoms with Crippen molar-refractivity contribution in [2.75, 3.05) is 6.54 Å². The van der Waals surface area contributed by atoms with Crippen LogP contribution >= 0.6 is 23.2 Å². The lowest BCUT2D eigenvalue weighted by Crippen LogP contribution is -2.22. The Morgan fingerprint density at radius 1 is 1.47 bits per heavy atom. The lowest BCUT2D eigenvalue weighted by molar-refractivity contribution is 0.173. The Bertz CT molecular complexity index is 477. The van der Waals surface area contributed by atoms with Crippen LogP contribution < -0.4 is 15.8 Å². The molecule has 0 aliphatic carbocycles. The molecule has 0 saturated carbocycles. The van der Waals surface area contributed by atoms with Crippen molar-refractivity contribution in [2.24, 2.45) is 11.7 Å². The summed E-state index contributed by atoms with van der Waals surface area (Å²) >= 11 is 12.0. The first kappa shape index (κ1) is 14.4. The van der Waals surface area contributed by atoms with Crippen LogP contribution in [0.2, 0.25) is 10.0 Å². The van der Waals surface area contributed by atoms with Crippen LogP contribution in [0.4, 0.5) is 0 Å². The lowest BCUT2D eigenvalue weighted by atomic mass is 10.0. The Hall–Kier alpha value is -1.06. The molecular weight excluding hydrogens is 283 g/mol. The van der Waals surface area contributed by atoms with Gasteiger partial charge in [-0.15, -0.1) is 0 Å². The molecule has 0 saturated heterocycles. The molecule has 3 N–H and O–H groups in total. The first-order chi connectivity index (χ1) is 9.08. The molecule has 0 aromatic heterocycles. The summed E-state index contributed by atoms with van der Waals surface area (Å²) in [5, 5.41) is 4.28. The summed E-state index contributed by atoms with van der Waals surface area (Å²) in [6, 6.07) is 5.29. The normalized spacial score (nSPS) is 19.7. The fourth-order valence-corrected chi connectivity index (χ4v) is 2.61. The van der Waals surface area contributed by atoms with E-state index in [1.807, 2.05) is 6.07 Å². The second kappa shape index (κ2) is 6.40. The molecule has 1 aromatic rings. The summed E-state index contributed by atoms with van der Waals surface area (Å²) in [6.45, 7) is 2.98. The average Bonchev–Trinajstić information content (AvgIpc) is 2.77. The number of nitrogens with two attached hydrogens (primary N) is 1. The van der Waals surface area contributed by atoms with Crippen molar-refractivity contribution in [1.82, 2.24) is 5.32 Å². The fourth-order valence-electron chi connectivity index (χ4n) is 2.16. The maximum Gasteiger partial charge on any atom is 0.138 e. The van der Waals surface area contributed by atoms with Crippen molar-refractivity contribution < 1.29 is 4.74 Å². The number of rotatable bonds is 5. The Morgan fingerprint density at radius 3 is 2.84 bits per heavy atom. The Balaban J connectivity index is 1.98. The molecule has 0 unspecified atom stereocenters. The molecule has 0 bridgehead atoms. The van der Waals surface area contributed by atoms with Gasteiger partial charge in [-0.1, -0.05) is 30.1 Å². The fraction of sp³-hybridized carbons (Fsp3) is 0.429. The van der Waals surface area contributed by atoms with E-state index in [1.54, 1.807) is 12.1 Å². The van der Waals surface area contributed by atoms with Crippen LogP contribution in [0.1, 0.15) is 19.8 Å². The van der Waals surface area contributed by atoms with Crippen LogP contribution in [-0.4, -0.2) is 12.6 Å². The van der Waals surface area contributed by atoms with Crippen LogP contribution in [0.25, 0.3) is 0 Å². The van der Waals surface area contributed by atoms with Crippen molar-refractivity contribution >= 4 is 23.2 Å². The first-order valence-corrected chi connectivity index (χ1v) is 7.17. The molecule has 0 spiro atoms. The van der Waals surface area contributed by atoms with E-state index in [0.29, 0.717) is 21.7 Å². The Morgan fingerprint density at radius 2 is 2.26 bits per heavy atom. The van der Waals surface area contributed by atoms with E-state index in [4.69, 9.17) is 33.7 Å². The van der Waals surface area contributed by atoms with Crippen LogP contribution in [0, 0.1) is 5.92 Å². The number of hydrogen-bond donors (Lipinski definition) is 2. The highest BCUT2D eigenvalue weighted by Crippen LogP contribution is 2.30. The van der Waals surface area contributed by atoms with Crippen LogP contribution in [-0.2, 0) is 0 Å². The molecule has 3 nitrogen and oxygen atoms in total. The SMILES string of the molecule is CC[C@@H](C[C@H]1C=C(N)NC1)Oc1ccc(Cl)cc1Cl. The second-order valence-corrected chi connectivity index (χ2v) is 5.57. The van der Waals surface area contributed by atoms with E-state index < -0.39 is 0 Å². The van der Waals surface area contributed by atoms with Gasteiger partial charge in [0, 0.05) is 17.5 Å². The van der Waals surface area contributed by atoms with Crippen molar-refractivity contribution in [2.45, 2.75) is 25.9 Å². The minimum Gasteiger partial charge on any atom is -0.489 e. The number of hydrogen-bond acceptors (Lipinski definition) is 3. The summed E-state index contributed by atoms with van der Waals surface area (Å²) in [5.74, 6) is 1.85. The molecule has 0 radical (unpaired) electrons. The van der Waals surface area contributed by atoms with Gasteiger partial charge in [0.05, 0.1) is 16.9 Å². The number of benzene rings is 1. The van der Waals surface area contributed by atoms with Crippen LogP contribution in [0.3, 0.4) is 0 Å². The molecule has 1 aromatic carbocycles. The molecule has 2 rings (SSSR count). The smallest absolute Gasteiger partial charge is 0.138 e. The minimum absolute atomic E-state index is 0.118. The average molecular weight is 301 g/mol. The maximum absolute atomic E-state index is 6.12. The van der Waals surface area contributed by atoms with E-state index >= 15 is 0 Å². The molecule has 5 heteroatoms. The maximum atomic E-state index is 6.12. The predicted octanol–water partition coefficient (Wildman–Crippen LogP) is 3.56. The zero-order valence-electron chi connectivity index (χ0n) is 10.8. The highest BCUT2D eigenvalue weighted by Gasteiger charge is 2.19. The molecule has 0 amide bonds. The van der Waals surface area contributed by atoms with E-state index in [9.17, 15) is 0 Å². The van der Waals surface area contributed by atoms with Gasteiger partial charge in [-0.3, -0.25) is 0 Å². The van der Waals surface area contributed by atoms with Gasteiger partial charge >= 0.3 is 0 Å². The van der Waals surface area contributed by atoms with Gasteiger partial charge in [0.2, 0.25) is 0 Å². The molecule has 1 aliphatic heterocycles. The highest BCUT2D eigenvalue weighted by atomic mass is 35.5. The molecule has 0 fully saturated rings. The molecule has 2 atom stereocenters. The van der Waals surface area contributed by atoms with E-state index in [2.05, 4.69) is 18.3 Å². The summed E-state index contributed by atoms with van der Waals surface area (Å²) in [5.41, 5.74) is 5.71. The van der Waals surface area contributed by atoms with Crippen molar-refractivity contribution in [3.8, 4) is 5.75 Å². The summed E-state index contributed by atoms with van der Waals surface area (Å²) < 4.78 is 5.96. The highest BCUT2D eigenvalue weighted by molar-refractivity contribution is 6.35. The number of ether oxygens (including phenoxy) is 1. The summed E-state index contributed by atoms with van der Waals surface area (Å²) in [4.78, 5) is 0. The van der Waals surface area contributed by atoms with Gasteiger partial charge < -0.3 is 15.8 Å². The topological polar surface area (TPSA) is 47.3 Å². The van der Waals surface area contributed by atoms with E-state index in [-0.39, 0.29) is 6.10 Å². The van der Waals surface area contributed by atoms with Crippen molar-refractivity contribution in [1.29, 1.82) is 0 Å². The summed E-state index contributed by atoms with van der Waals surface area (Å²) in [7, 11) is 0. The van der Waals surface area contributed by atoms with Gasteiger partial charge in [0.15, 0.2) is 0 Å². The molecular formula is C14H18Cl2N2O. The van der Waals surface area contributed by atoms with Crippen LogP contribution in [0.5, 0.6) is 5.75 Å². The minimum atomic E-state index is 0.118. The second-order valence-electron chi connectivity index (χ2n) is 4.72. The molecule has 19 heavy (non-hydrogen) atoms. The van der Waals surface area contributed by atoms with E-state index in [1.165, 1.54) is 0 Å². The first-order valence-electron chi connectivity index (χ1n) is 6.41. The van der Waals surface area contributed by atoms with Crippen molar-refractivity contribution in [3.63, 3.8) is 0 Å². The van der Waals surface area contributed by atoms with Gasteiger partial charge in [-0.2, -0.15) is 0 Å². The van der Waals surface area contributed by atoms with Crippen LogP contribution in [0.15, 0.2) is 30.1 Å². The quantitative estimate of drug-likeness (QED) is 0.874. The largest absolute Gasteiger partial charge is 0.489 e. The van der Waals surface area contributed by atoms with Gasteiger partial charge in [-0.05, 0) is 37.1 Å². The third kappa shape index (κ3) is 3.95. The molecule has 1 aliphatic rings. The molecule has 1 heterocycles. The Kier molecular flexibility index (Phi) is 4.83. The van der Waals surface area contributed by atoms with E-state index in [0.717, 1.165) is 25.2 Å². The van der Waals surface area contributed by atoms with Gasteiger partial charge in [0.25, 0.3) is 0 Å². The Labute approximate surface area is 123 Å². The van der Waals surface area contributed by atoms with Gasteiger partial charge in [-0.25, -0.2) is 0 Å². The third-order valence-electron chi connectivity index (χ3n) is 3.19. The number of halogens is 2. The molecule has 104 valence electrons. The standard InChI is InChI=1S/C14H18Cl2N2O/c1-2-11(5-9-6-14(17)18-8-9)19-13-4-3-10(15)7-12(13)16/h3-4,6-7,9,11,18H,2,5,8,17H2,1H3/t9-,11-/m0/s1. The zero-order chi connectivity index (χ0) is 13.8. The number of nitrogens with one attached hydrogen (secondary N) is 1. The monoisotopic (exact) mass is 300 g/mol. The third-order valence-corrected chi connectivity index (χ3v) is 3.72. The predicted molar refractivity (Wildman–Crippen MR) is 79.5 cm³/mol.